The van der Waals surface area contributed by atoms with E-state index in [0.29, 0.717) is 12.0 Å². The van der Waals surface area contributed by atoms with Crippen molar-refractivity contribution in [2.75, 3.05) is 17.1 Å². The van der Waals surface area contributed by atoms with Gasteiger partial charge in [0.05, 0.1) is 17.6 Å². The molecule has 4 N–H and O–H groups in total. The van der Waals surface area contributed by atoms with E-state index < -0.39 is 10.0 Å². The highest BCUT2D eigenvalue weighted by atomic mass is 35.5. The van der Waals surface area contributed by atoms with Gasteiger partial charge < -0.3 is 15.8 Å². The molecule has 0 atom stereocenters. The average Bonchev–Trinajstić information content (AvgIpc) is 2.93. The first kappa shape index (κ1) is 27.1. The zero-order valence-electron chi connectivity index (χ0n) is 21.8. The van der Waals surface area contributed by atoms with E-state index in [1.807, 2.05) is 12.3 Å². The third kappa shape index (κ3) is 5.93. The number of methoxy groups -OCH3 is 1. The maximum Gasteiger partial charge on any atom is 0.264 e. The predicted molar refractivity (Wildman–Crippen MR) is 155 cm³/mol. The molecule has 204 valence electrons. The summed E-state index contributed by atoms with van der Waals surface area (Å²) < 4.78 is 33.8. The van der Waals surface area contributed by atoms with Crippen LogP contribution >= 0.6 is 11.6 Å². The molecule has 2 aromatic carbocycles. The van der Waals surface area contributed by atoms with Gasteiger partial charge in [0, 0.05) is 29.2 Å². The molecule has 0 bridgehead atoms. The molecular weight excluding hydrogens is 536 g/mol. The van der Waals surface area contributed by atoms with Crippen LogP contribution in [0.4, 0.5) is 11.8 Å². The summed E-state index contributed by atoms with van der Waals surface area (Å²) in [6.07, 6.45) is 6.63. The molecule has 2 heterocycles. The second-order valence-corrected chi connectivity index (χ2v) is 11.7. The number of aryl methyl sites for hydroxylation is 1. The van der Waals surface area contributed by atoms with E-state index in [9.17, 15) is 8.42 Å². The molecule has 39 heavy (non-hydrogen) atoms. The Morgan fingerprint density at radius 1 is 1.08 bits per heavy atom. The van der Waals surface area contributed by atoms with Gasteiger partial charge in [-0.15, -0.1) is 0 Å². The lowest BCUT2D eigenvalue weighted by Gasteiger charge is -2.26. The molecular formula is C28H31ClN6O3S. The summed E-state index contributed by atoms with van der Waals surface area (Å²) in [5, 5.41) is 4.50. The molecule has 0 unspecified atom stereocenters. The van der Waals surface area contributed by atoms with Gasteiger partial charge >= 0.3 is 0 Å². The number of nitrogens with two attached hydrogens (primary N) is 1. The van der Waals surface area contributed by atoms with E-state index in [4.69, 9.17) is 27.1 Å². The molecule has 0 saturated heterocycles. The number of pyridine rings is 1. The van der Waals surface area contributed by atoms with Crippen LogP contribution in [0.3, 0.4) is 0 Å². The van der Waals surface area contributed by atoms with Crippen LogP contribution in [0.2, 0.25) is 5.02 Å². The molecule has 1 aliphatic carbocycles. The van der Waals surface area contributed by atoms with Gasteiger partial charge in [-0.25, -0.2) is 18.4 Å². The number of rotatable bonds is 8. The van der Waals surface area contributed by atoms with Crippen molar-refractivity contribution < 1.29 is 13.2 Å². The minimum absolute atomic E-state index is 0.0282. The van der Waals surface area contributed by atoms with Gasteiger partial charge in [-0.3, -0.25) is 4.72 Å². The van der Waals surface area contributed by atoms with Crippen LogP contribution < -0.4 is 20.5 Å². The number of ether oxygens (including phenoxy) is 1. The number of hydrogen-bond acceptors (Lipinski definition) is 8. The van der Waals surface area contributed by atoms with E-state index in [2.05, 4.69) is 33.0 Å². The number of nitrogens with one attached hydrogen (secondary N) is 2. The molecule has 1 aliphatic rings. The second-order valence-electron chi connectivity index (χ2n) is 9.67. The van der Waals surface area contributed by atoms with Gasteiger partial charge in [-0.2, -0.15) is 4.98 Å². The highest BCUT2D eigenvalue weighted by Crippen LogP contribution is 2.34. The van der Waals surface area contributed by atoms with Crippen LogP contribution in [-0.2, 0) is 16.4 Å². The Labute approximate surface area is 233 Å². The molecule has 0 aliphatic heterocycles. The topological polar surface area (TPSA) is 132 Å². The minimum atomic E-state index is -3.93. The summed E-state index contributed by atoms with van der Waals surface area (Å²) >= 11 is 6.10. The van der Waals surface area contributed by atoms with Crippen LogP contribution in [0, 0.1) is 0 Å². The first-order valence-corrected chi connectivity index (χ1v) is 14.8. The Kier molecular flexibility index (Phi) is 7.88. The van der Waals surface area contributed by atoms with Crippen LogP contribution in [0.1, 0.15) is 38.2 Å². The fourth-order valence-corrected chi connectivity index (χ4v) is 6.41. The van der Waals surface area contributed by atoms with Crippen LogP contribution in [0.15, 0.2) is 59.6 Å². The number of hydrogen-bond donors (Lipinski definition) is 3. The minimum Gasteiger partial charge on any atom is -0.480 e. The molecule has 0 radical (unpaired) electrons. The van der Waals surface area contributed by atoms with Gasteiger partial charge in [0.2, 0.25) is 11.8 Å². The molecule has 1 saturated carbocycles. The standard InChI is InChI=1S/C28H31ClN6O3S/c1-3-17-14-18(15-19-16-31-28(34-26(17)19)32-21-10-8-20(30)9-11-21)22-12-13-25(33-27(22)38-2)35-39(36,37)24-7-5-4-6-23(24)29/h4-7,12-16,20-21H,3,8-11,30H2,1-2H3,(H,33,35)(H,31,32,34)/t20-,21+. The number of nitrogens with zero attached hydrogens (tertiary/aromatic N) is 3. The normalized spacial score (nSPS) is 17.6. The maximum atomic E-state index is 12.9. The van der Waals surface area contributed by atoms with Crippen molar-refractivity contribution in [1.82, 2.24) is 15.0 Å². The van der Waals surface area contributed by atoms with Gasteiger partial charge in [0.15, 0.2) is 0 Å². The summed E-state index contributed by atoms with van der Waals surface area (Å²) in [6, 6.07) is 14.3. The number of benzene rings is 2. The van der Waals surface area contributed by atoms with Crippen molar-refractivity contribution in [3.05, 3.63) is 65.3 Å². The first-order chi connectivity index (χ1) is 18.8. The Hall–Kier alpha value is -3.47. The smallest absolute Gasteiger partial charge is 0.264 e. The molecule has 0 amide bonds. The lowest BCUT2D eigenvalue weighted by molar-refractivity contribution is 0.400. The Morgan fingerprint density at radius 2 is 1.85 bits per heavy atom. The number of sulfonamides is 1. The van der Waals surface area contributed by atoms with Crippen molar-refractivity contribution in [3.8, 4) is 17.0 Å². The Bertz CT molecular complexity index is 1610. The van der Waals surface area contributed by atoms with Crippen molar-refractivity contribution in [3.63, 3.8) is 0 Å². The fraction of sp³-hybridized carbons (Fsp3) is 0.321. The van der Waals surface area contributed by atoms with Crippen molar-refractivity contribution in [1.29, 1.82) is 0 Å². The number of aromatic nitrogens is 3. The molecule has 1 fully saturated rings. The largest absolute Gasteiger partial charge is 0.480 e. The fourth-order valence-electron chi connectivity index (χ4n) is 4.89. The average molecular weight is 567 g/mol. The summed E-state index contributed by atoms with van der Waals surface area (Å²) in [5.41, 5.74) is 9.58. The maximum absolute atomic E-state index is 12.9. The Balaban J connectivity index is 1.44. The molecule has 0 spiro atoms. The van der Waals surface area contributed by atoms with Crippen molar-refractivity contribution in [2.24, 2.45) is 5.73 Å². The van der Waals surface area contributed by atoms with Crippen LogP contribution in [0.25, 0.3) is 22.0 Å². The second kappa shape index (κ2) is 11.3. The van der Waals surface area contributed by atoms with Crippen molar-refractivity contribution in [2.45, 2.75) is 56.0 Å². The number of fused-ring (bicyclic) bond motifs is 1. The summed E-state index contributed by atoms with van der Waals surface area (Å²) in [6.45, 7) is 2.08. The molecule has 11 heteroatoms. The van der Waals surface area contributed by atoms with Gasteiger partial charge in [-0.1, -0.05) is 30.7 Å². The zero-order chi connectivity index (χ0) is 27.6. The lowest BCUT2D eigenvalue weighted by atomic mass is 9.92. The van der Waals surface area contributed by atoms with Crippen LogP contribution in [-0.4, -0.2) is 42.6 Å². The van der Waals surface area contributed by atoms with E-state index in [0.717, 1.165) is 59.7 Å². The highest BCUT2D eigenvalue weighted by molar-refractivity contribution is 7.92. The van der Waals surface area contributed by atoms with Crippen LogP contribution in [0.5, 0.6) is 5.88 Å². The summed E-state index contributed by atoms with van der Waals surface area (Å²) in [7, 11) is -2.43. The Morgan fingerprint density at radius 3 is 2.56 bits per heavy atom. The number of anilines is 2. The molecule has 4 aromatic rings. The lowest BCUT2D eigenvalue weighted by Crippen LogP contribution is -2.33. The monoisotopic (exact) mass is 566 g/mol. The SMILES string of the molecule is CCc1cc(-c2ccc(NS(=O)(=O)c3ccccc3Cl)nc2OC)cc2cnc(N[C@H]3CC[C@@H](N)CC3)nc12. The van der Waals surface area contributed by atoms with Gasteiger partial charge in [0.25, 0.3) is 10.0 Å². The van der Waals surface area contributed by atoms with Crippen molar-refractivity contribution >= 4 is 44.3 Å². The highest BCUT2D eigenvalue weighted by Gasteiger charge is 2.21. The molecule has 2 aromatic heterocycles. The third-order valence-corrected chi connectivity index (χ3v) is 8.83. The molecule has 9 nitrogen and oxygen atoms in total. The van der Waals surface area contributed by atoms with E-state index >= 15 is 0 Å². The van der Waals surface area contributed by atoms with E-state index in [-0.39, 0.29) is 27.7 Å². The quantitative estimate of drug-likeness (QED) is 0.258. The summed E-state index contributed by atoms with van der Waals surface area (Å²) in [5.74, 6) is 1.03. The summed E-state index contributed by atoms with van der Waals surface area (Å²) in [4.78, 5) is 13.8. The van der Waals surface area contributed by atoms with Gasteiger partial charge in [0.1, 0.15) is 10.7 Å². The predicted octanol–water partition coefficient (Wildman–Crippen LogP) is 5.40. The molecule has 5 rings (SSSR count). The van der Waals surface area contributed by atoms with Gasteiger partial charge in [-0.05, 0) is 79.6 Å². The van der Waals surface area contributed by atoms with E-state index in [1.54, 1.807) is 24.3 Å². The zero-order valence-corrected chi connectivity index (χ0v) is 23.4. The third-order valence-electron chi connectivity index (χ3n) is 6.98. The van der Waals surface area contributed by atoms with E-state index in [1.165, 1.54) is 19.2 Å². The number of halogens is 1. The first-order valence-electron chi connectivity index (χ1n) is 12.9.